The molecule has 0 saturated heterocycles. The van der Waals surface area contributed by atoms with Crippen LogP contribution < -0.4 is 4.74 Å². The topological polar surface area (TPSA) is 107 Å². The zero-order chi connectivity index (χ0) is 26.0. The predicted octanol–water partition coefficient (Wildman–Crippen LogP) is 4.62. The number of hydrogen-bond acceptors (Lipinski definition) is 7. The number of ketones is 1. The lowest BCUT2D eigenvalue weighted by Gasteiger charge is -2.20. The molecule has 4 rings (SSSR count). The normalized spacial score (nSPS) is 13.2. The fraction of sp³-hybridized carbons (Fsp3) is 0.115. The molecule has 8 nitrogen and oxygen atoms in total. The van der Waals surface area contributed by atoms with Crippen LogP contribution in [-0.2, 0) is 9.53 Å². The van der Waals surface area contributed by atoms with E-state index in [1.807, 2.05) is 0 Å². The Morgan fingerprint density at radius 2 is 1.42 bits per heavy atom. The van der Waals surface area contributed by atoms with E-state index in [2.05, 4.69) is 0 Å². The van der Waals surface area contributed by atoms with Crippen LogP contribution in [0.3, 0.4) is 0 Å². The maximum atomic E-state index is 12.5. The largest absolute Gasteiger partial charge is 0.456 e. The van der Waals surface area contributed by atoms with E-state index in [0.717, 1.165) is 4.90 Å². The molecule has 1 aliphatic rings. The van der Waals surface area contributed by atoms with Crippen molar-refractivity contribution < 1.29 is 33.4 Å². The van der Waals surface area contributed by atoms with Crippen LogP contribution in [0, 0.1) is 0 Å². The number of benzene rings is 3. The van der Waals surface area contributed by atoms with Crippen LogP contribution in [0.5, 0.6) is 5.75 Å². The number of carbonyl (C=O) groups excluding carboxylic acids is 5. The molecule has 3 aromatic rings. The first-order valence-corrected chi connectivity index (χ1v) is 11.4. The lowest BCUT2D eigenvalue weighted by molar-refractivity contribution is -0.146. The van der Waals surface area contributed by atoms with Gasteiger partial charge in [0, 0.05) is 5.56 Å². The summed E-state index contributed by atoms with van der Waals surface area (Å²) in [5, 5.41) is 0.508. The van der Waals surface area contributed by atoms with Gasteiger partial charge in [0.05, 0.1) is 26.7 Å². The van der Waals surface area contributed by atoms with Gasteiger partial charge in [-0.3, -0.25) is 19.3 Å². The SMILES string of the molecule is CC(C(=O)OCC(=O)c1ccc(OC(=O)c2ccc(Cl)c(Cl)c2)cc1)N1C(=O)c2ccccc2C1=O. The molecule has 0 radical (unpaired) electrons. The molecule has 10 heteroatoms. The van der Waals surface area contributed by atoms with Gasteiger partial charge in [0.25, 0.3) is 11.8 Å². The highest BCUT2D eigenvalue weighted by atomic mass is 35.5. The molecule has 36 heavy (non-hydrogen) atoms. The van der Waals surface area contributed by atoms with Crippen molar-refractivity contribution in [2.24, 2.45) is 0 Å². The second kappa shape index (κ2) is 10.3. The molecule has 0 saturated carbocycles. The minimum atomic E-state index is -1.21. The Morgan fingerprint density at radius 1 is 0.833 bits per heavy atom. The summed E-state index contributed by atoms with van der Waals surface area (Å²) in [5.41, 5.74) is 0.811. The summed E-state index contributed by atoms with van der Waals surface area (Å²) in [4.78, 5) is 63.1. The molecule has 182 valence electrons. The van der Waals surface area contributed by atoms with Crippen LogP contribution in [-0.4, -0.2) is 47.1 Å². The maximum absolute atomic E-state index is 12.5. The van der Waals surface area contributed by atoms with E-state index in [1.54, 1.807) is 12.1 Å². The monoisotopic (exact) mass is 525 g/mol. The van der Waals surface area contributed by atoms with Crippen molar-refractivity contribution in [3.05, 3.63) is 99.0 Å². The Balaban J connectivity index is 1.33. The predicted molar refractivity (Wildman–Crippen MR) is 130 cm³/mol. The third-order valence-electron chi connectivity index (χ3n) is 5.44. The van der Waals surface area contributed by atoms with E-state index in [9.17, 15) is 24.0 Å². The van der Waals surface area contributed by atoms with E-state index in [1.165, 1.54) is 61.5 Å². The average Bonchev–Trinajstić information content (AvgIpc) is 3.13. The minimum absolute atomic E-state index is 0.180. The highest BCUT2D eigenvalue weighted by Crippen LogP contribution is 2.25. The first-order chi connectivity index (χ1) is 17.2. The summed E-state index contributed by atoms with van der Waals surface area (Å²) in [6, 6.07) is 15.0. The standard InChI is InChI=1S/C26H17Cl2NO7/c1-14(29-23(31)18-4-2-3-5-19(18)24(29)32)25(33)35-13-22(30)15-6-9-17(10-7-15)36-26(34)16-8-11-20(27)21(28)12-16/h2-12,14H,13H2,1H3. The van der Waals surface area contributed by atoms with Gasteiger partial charge < -0.3 is 9.47 Å². The van der Waals surface area contributed by atoms with Gasteiger partial charge in [0.2, 0.25) is 0 Å². The number of fused-ring (bicyclic) bond motifs is 1. The van der Waals surface area contributed by atoms with Crippen molar-refractivity contribution in [2.75, 3.05) is 6.61 Å². The van der Waals surface area contributed by atoms with E-state index in [0.29, 0.717) is 5.02 Å². The molecular formula is C26H17Cl2NO7. The van der Waals surface area contributed by atoms with Crippen molar-refractivity contribution in [2.45, 2.75) is 13.0 Å². The van der Waals surface area contributed by atoms with Crippen LogP contribution >= 0.6 is 23.2 Å². The molecule has 0 aromatic heterocycles. The van der Waals surface area contributed by atoms with Crippen molar-refractivity contribution in [1.29, 1.82) is 0 Å². The van der Waals surface area contributed by atoms with E-state index in [-0.39, 0.29) is 33.0 Å². The molecule has 0 fully saturated rings. The number of Topliss-reactive ketones (excluding diaryl/α,β-unsaturated/α-hetero) is 1. The second-order valence-electron chi connectivity index (χ2n) is 7.78. The molecule has 2 amide bonds. The molecule has 1 heterocycles. The smallest absolute Gasteiger partial charge is 0.343 e. The van der Waals surface area contributed by atoms with Gasteiger partial charge in [-0.25, -0.2) is 9.59 Å². The third kappa shape index (κ3) is 5.00. The molecule has 0 bridgehead atoms. The van der Waals surface area contributed by atoms with Gasteiger partial charge in [-0.05, 0) is 61.5 Å². The summed E-state index contributed by atoms with van der Waals surface area (Å²) in [6.45, 7) is 0.750. The minimum Gasteiger partial charge on any atom is -0.456 e. The summed E-state index contributed by atoms with van der Waals surface area (Å²) in [7, 11) is 0. The zero-order valence-electron chi connectivity index (χ0n) is 18.7. The Morgan fingerprint density at radius 3 is 2.00 bits per heavy atom. The number of rotatable bonds is 7. The number of hydrogen-bond donors (Lipinski definition) is 0. The Labute approximate surface area is 215 Å². The number of esters is 2. The maximum Gasteiger partial charge on any atom is 0.343 e. The zero-order valence-corrected chi connectivity index (χ0v) is 20.2. The van der Waals surface area contributed by atoms with Gasteiger partial charge in [-0.2, -0.15) is 0 Å². The van der Waals surface area contributed by atoms with E-state index < -0.39 is 42.2 Å². The molecule has 0 aliphatic carbocycles. The van der Waals surface area contributed by atoms with E-state index >= 15 is 0 Å². The van der Waals surface area contributed by atoms with Gasteiger partial charge in [0.15, 0.2) is 12.4 Å². The molecule has 1 unspecified atom stereocenters. The molecule has 0 N–H and O–H groups in total. The highest BCUT2D eigenvalue weighted by molar-refractivity contribution is 6.42. The Kier molecular flexibility index (Phi) is 7.19. The van der Waals surface area contributed by atoms with Gasteiger partial charge in [-0.15, -0.1) is 0 Å². The van der Waals surface area contributed by atoms with Crippen LogP contribution in [0.4, 0.5) is 0 Å². The summed E-state index contributed by atoms with van der Waals surface area (Å²) in [6.07, 6.45) is 0. The number of amides is 2. The number of halogens is 2. The number of imide groups is 1. The molecule has 0 spiro atoms. The first kappa shape index (κ1) is 25.1. The van der Waals surface area contributed by atoms with Crippen LogP contribution in [0.2, 0.25) is 10.0 Å². The van der Waals surface area contributed by atoms with Gasteiger partial charge in [-0.1, -0.05) is 35.3 Å². The fourth-order valence-corrected chi connectivity index (χ4v) is 3.80. The molecule has 1 aliphatic heterocycles. The number of ether oxygens (including phenoxy) is 2. The lowest BCUT2D eigenvalue weighted by atomic mass is 10.1. The van der Waals surface area contributed by atoms with Crippen LogP contribution in [0.25, 0.3) is 0 Å². The highest BCUT2D eigenvalue weighted by Gasteiger charge is 2.41. The van der Waals surface area contributed by atoms with Crippen molar-refractivity contribution in [3.63, 3.8) is 0 Å². The van der Waals surface area contributed by atoms with Crippen molar-refractivity contribution in [1.82, 2.24) is 4.90 Å². The molecular weight excluding hydrogens is 509 g/mol. The van der Waals surface area contributed by atoms with Gasteiger partial charge >= 0.3 is 11.9 Å². The van der Waals surface area contributed by atoms with E-state index in [4.69, 9.17) is 32.7 Å². The molecule has 3 aromatic carbocycles. The first-order valence-electron chi connectivity index (χ1n) is 10.6. The quantitative estimate of drug-likeness (QED) is 0.191. The molecule has 1 atom stereocenters. The average molecular weight is 526 g/mol. The lowest BCUT2D eigenvalue weighted by Crippen LogP contribution is -2.44. The Hall–Kier alpha value is -4.01. The Bertz CT molecular complexity index is 1370. The summed E-state index contributed by atoms with van der Waals surface area (Å²) >= 11 is 11.8. The second-order valence-corrected chi connectivity index (χ2v) is 8.59. The number of carbonyl (C=O) groups is 5. The summed E-state index contributed by atoms with van der Waals surface area (Å²) in [5.74, 6) is -3.11. The van der Waals surface area contributed by atoms with Crippen molar-refractivity contribution >= 4 is 52.7 Å². The number of nitrogens with zero attached hydrogens (tertiary/aromatic N) is 1. The summed E-state index contributed by atoms with van der Waals surface area (Å²) < 4.78 is 10.3. The third-order valence-corrected chi connectivity index (χ3v) is 6.18. The van der Waals surface area contributed by atoms with Crippen LogP contribution in [0.15, 0.2) is 66.7 Å². The van der Waals surface area contributed by atoms with Crippen molar-refractivity contribution in [3.8, 4) is 5.75 Å². The van der Waals surface area contributed by atoms with Gasteiger partial charge in [0.1, 0.15) is 11.8 Å². The fourth-order valence-electron chi connectivity index (χ4n) is 3.50. The van der Waals surface area contributed by atoms with Crippen LogP contribution in [0.1, 0.15) is 48.4 Å².